The summed E-state index contributed by atoms with van der Waals surface area (Å²) in [6, 6.07) is 40.8. The van der Waals surface area contributed by atoms with Gasteiger partial charge in [0.1, 0.15) is 5.82 Å². The molecule has 0 amide bonds. The predicted molar refractivity (Wildman–Crippen MR) is 332 cm³/mol. The summed E-state index contributed by atoms with van der Waals surface area (Å²) in [5, 5.41) is 0.724. The van der Waals surface area contributed by atoms with Crippen LogP contribution in [0, 0.1) is 24.7 Å². The van der Waals surface area contributed by atoms with E-state index in [1.54, 1.807) is 35.0 Å². The Hall–Kier alpha value is -7.20. The van der Waals surface area contributed by atoms with E-state index in [1.165, 1.54) is 11.1 Å². The molecule has 10 aromatic rings. The summed E-state index contributed by atoms with van der Waals surface area (Å²) in [4.78, 5) is 9.10. The Labute approximate surface area is 505 Å². The van der Waals surface area contributed by atoms with Crippen molar-refractivity contribution in [1.82, 2.24) is 9.55 Å². The number of hydrogen-bond donors (Lipinski definition) is 0. The molecule has 408 valence electrons. The summed E-state index contributed by atoms with van der Waals surface area (Å²) in [7, 11) is 0. The van der Waals surface area contributed by atoms with E-state index < -0.39 is 42.5 Å². The summed E-state index contributed by atoms with van der Waals surface area (Å²) in [6.07, 6.45) is 1.80. The number of anilines is 4. The standard InChI is InChI=1S/C74H73N4O.Pt/c1-48(2)39-50-42-68(75-46-62(50)61-30-22-31-63-69(61)74(11,12)38-37-73(63,9)10)78-64-32-17-16-27-59(64)60-36-35-56(45-67(60)78)79-55-26-20-25-54(44-55)76-47-77(66-34-19-18-33-65(66)76)70-57(49-23-14-13-15-24-49)28-21-29-58(70)51-40-52(71(3,4)5)43-53(41-51)72(6,7)8;/h13-36,40-43,46-48H,37-39H2,1-12H3;/q-3;/i13D,14D,15D,16D,17D,23D,24D,27D,32D,39D2;. The topological polar surface area (TPSA) is 33.5 Å². The number of para-hydroxylation sites is 4. The largest absolute Gasteiger partial charge is 0.509 e. The van der Waals surface area contributed by atoms with Crippen molar-refractivity contribution in [1.29, 1.82) is 0 Å². The Bertz CT molecular complexity index is 4550. The van der Waals surface area contributed by atoms with E-state index in [-0.39, 0.29) is 94.9 Å². The molecule has 0 fully saturated rings. The fourth-order valence-electron chi connectivity index (χ4n) is 11.6. The van der Waals surface area contributed by atoms with Gasteiger partial charge in [0, 0.05) is 80.8 Å². The van der Waals surface area contributed by atoms with Gasteiger partial charge in [-0.1, -0.05) is 204 Å². The van der Waals surface area contributed by atoms with E-state index >= 15 is 0 Å². The third-order valence-electron chi connectivity index (χ3n) is 15.9. The summed E-state index contributed by atoms with van der Waals surface area (Å²) in [5.74, 6) is 0.320. The number of fused-ring (bicyclic) bond motifs is 5. The van der Waals surface area contributed by atoms with Crippen LogP contribution in [0.3, 0.4) is 0 Å². The first-order chi connectivity index (χ1) is 42.2. The van der Waals surface area contributed by atoms with Crippen molar-refractivity contribution in [3.05, 3.63) is 222 Å². The maximum absolute atomic E-state index is 9.76. The van der Waals surface area contributed by atoms with Gasteiger partial charge in [-0.25, -0.2) is 4.98 Å². The number of ether oxygens (including phenoxy) is 1. The van der Waals surface area contributed by atoms with Crippen molar-refractivity contribution >= 4 is 44.6 Å². The molecular formula is C74H73N4OPt-3. The second-order valence-corrected chi connectivity index (χ2v) is 24.9. The number of nitrogens with zero attached hydrogens (tertiary/aromatic N) is 4. The van der Waals surface area contributed by atoms with Crippen LogP contribution in [-0.2, 0) is 49.1 Å². The molecule has 0 bridgehead atoms. The van der Waals surface area contributed by atoms with Gasteiger partial charge in [-0.3, -0.25) is 0 Å². The Morgan fingerprint density at radius 1 is 0.637 bits per heavy atom. The second-order valence-electron chi connectivity index (χ2n) is 24.9. The minimum atomic E-state index is -1.88. The van der Waals surface area contributed by atoms with E-state index in [9.17, 15) is 8.22 Å². The molecule has 0 saturated carbocycles. The molecule has 0 N–H and O–H groups in total. The van der Waals surface area contributed by atoms with Crippen molar-refractivity contribution < 1.29 is 40.9 Å². The number of benzene rings is 8. The predicted octanol–water partition coefficient (Wildman–Crippen LogP) is 20.1. The average molecular weight is 1240 g/mol. The average Bonchev–Trinajstić information content (AvgIpc) is 1.74. The summed E-state index contributed by atoms with van der Waals surface area (Å²) >= 11 is 0. The Kier molecular flexibility index (Phi) is 11.0. The zero-order valence-corrected chi connectivity index (χ0v) is 49.9. The second kappa shape index (κ2) is 20.7. The zero-order valence-electron chi connectivity index (χ0n) is 58.6. The van der Waals surface area contributed by atoms with Gasteiger partial charge in [0.05, 0.1) is 12.3 Å². The van der Waals surface area contributed by atoms with E-state index in [0.29, 0.717) is 44.7 Å². The summed E-state index contributed by atoms with van der Waals surface area (Å²) in [6.45, 7) is 27.7. The normalized spacial score (nSPS) is 16.9. The third-order valence-corrected chi connectivity index (χ3v) is 15.9. The van der Waals surface area contributed by atoms with E-state index in [4.69, 9.17) is 16.6 Å². The number of hydrogen-bond acceptors (Lipinski definition) is 4. The molecule has 1 aliphatic heterocycles. The SMILES string of the molecule is [2H]c1c([2H])c([2H])c(-c2cccc(-c3cc(C(C)(C)C)cc(C(C)(C)C)c3)c2N2[CH-]N(c3[c-]c(Oc4[c-]c5c(cc4)c4c([2H])c([2H])c([2H])c([2H])c4n5-c4cc(C([2H])([2H])C(C)C)c(-c5cccc6c5C(C)(C)CCC6(C)C)cn4)ccc3)c3ccccc32)c([2H])c1[2H].[Pt]. The van der Waals surface area contributed by atoms with Crippen LogP contribution in [0.25, 0.3) is 61.0 Å². The molecule has 12 rings (SSSR count). The zero-order chi connectivity index (χ0) is 64.8. The Morgan fingerprint density at radius 2 is 1.26 bits per heavy atom. The quantitative estimate of drug-likeness (QED) is 0.128. The molecule has 80 heavy (non-hydrogen) atoms. The third kappa shape index (κ3) is 9.99. The molecule has 2 aliphatic rings. The van der Waals surface area contributed by atoms with Crippen molar-refractivity contribution in [3.8, 4) is 50.7 Å². The molecule has 0 unspecified atom stereocenters. The molecule has 5 nitrogen and oxygen atoms in total. The van der Waals surface area contributed by atoms with Gasteiger partial charge < -0.3 is 19.1 Å². The Morgan fingerprint density at radius 3 is 1.98 bits per heavy atom. The van der Waals surface area contributed by atoms with Crippen molar-refractivity contribution in [3.63, 3.8) is 0 Å². The molecule has 8 aromatic carbocycles. The van der Waals surface area contributed by atoms with Crippen LogP contribution in [-0.4, -0.2) is 9.55 Å². The smallest absolute Gasteiger partial charge is 0.135 e. The molecule has 0 spiro atoms. The summed E-state index contributed by atoms with van der Waals surface area (Å²) < 4.78 is 109. The van der Waals surface area contributed by atoms with Gasteiger partial charge in [-0.05, 0) is 121 Å². The minimum Gasteiger partial charge on any atom is -0.509 e. The van der Waals surface area contributed by atoms with E-state index in [2.05, 4.69) is 112 Å². The first-order valence-corrected chi connectivity index (χ1v) is 27.4. The van der Waals surface area contributed by atoms with Crippen molar-refractivity contribution in [2.75, 3.05) is 9.80 Å². The minimum absolute atomic E-state index is 0. The van der Waals surface area contributed by atoms with Crippen LogP contribution in [0.4, 0.5) is 22.7 Å². The van der Waals surface area contributed by atoms with Crippen LogP contribution >= 0.6 is 0 Å². The summed E-state index contributed by atoms with van der Waals surface area (Å²) in [5.41, 5.74) is 11.2. The molecule has 0 radical (unpaired) electrons. The number of pyridine rings is 1. The molecule has 0 saturated heterocycles. The first kappa shape index (κ1) is 42.7. The van der Waals surface area contributed by atoms with Crippen LogP contribution in [0.2, 0.25) is 0 Å². The molecule has 0 atom stereocenters. The van der Waals surface area contributed by atoms with Gasteiger partial charge in [0.2, 0.25) is 0 Å². The van der Waals surface area contributed by atoms with Gasteiger partial charge in [-0.15, -0.1) is 48.1 Å². The maximum atomic E-state index is 9.76. The molecule has 1 aliphatic carbocycles. The van der Waals surface area contributed by atoms with E-state index in [1.807, 2.05) is 91.0 Å². The molecule has 2 aromatic heterocycles. The maximum Gasteiger partial charge on any atom is 0.135 e. The fraction of sp³-hybridized carbons (Fsp3) is 0.270. The number of aromatic nitrogens is 2. The fourth-order valence-corrected chi connectivity index (χ4v) is 11.6. The van der Waals surface area contributed by atoms with Crippen LogP contribution in [0.5, 0.6) is 11.5 Å². The van der Waals surface area contributed by atoms with Gasteiger partial charge >= 0.3 is 0 Å². The van der Waals surface area contributed by atoms with Gasteiger partial charge in [0.15, 0.2) is 0 Å². The Balaban J connectivity index is 0.00000850. The van der Waals surface area contributed by atoms with Gasteiger partial charge in [-0.2, -0.15) is 12.1 Å². The van der Waals surface area contributed by atoms with Gasteiger partial charge in [0.25, 0.3) is 0 Å². The van der Waals surface area contributed by atoms with Crippen LogP contribution in [0.15, 0.2) is 176 Å². The molecular weight excluding hydrogens is 1160 g/mol. The molecule has 6 heteroatoms. The monoisotopic (exact) mass is 1240 g/mol. The van der Waals surface area contributed by atoms with Crippen molar-refractivity contribution in [2.24, 2.45) is 5.92 Å². The van der Waals surface area contributed by atoms with Crippen LogP contribution in [0.1, 0.15) is 139 Å². The van der Waals surface area contributed by atoms with Crippen molar-refractivity contribution in [2.45, 2.75) is 124 Å². The number of rotatable bonds is 10. The molecule has 3 heterocycles. The van der Waals surface area contributed by atoms with E-state index in [0.717, 1.165) is 52.0 Å². The first-order valence-electron chi connectivity index (χ1n) is 32.9. The van der Waals surface area contributed by atoms with Crippen LogP contribution < -0.4 is 14.5 Å².